The van der Waals surface area contributed by atoms with Crippen LogP contribution < -0.4 is 0 Å². The van der Waals surface area contributed by atoms with Gasteiger partial charge in [-0.15, -0.1) is 0 Å². The van der Waals surface area contributed by atoms with Crippen LogP contribution in [0.5, 0.6) is 0 Å². The van der Waals surface area contributed by atoms with Gasteiger partial charge in [0.15, 0.2) is 0 Å². The molecule has 0 heteroatoms. The van der Waals surface area contributed by atoms with Gasteiger partial charge in [0.05, 0.1) is 0 Å². The zero-order chi connectivity index (χ0) is 16.1. The molecule has 0 nitrogen and oxygen atoms in total. The van der Waals surface area contributed by atoms with Crippen molar-refractivity contribution in [2.24, 2.45) is 40.9 Å². The molecule has 0 radical (unpaired) electrons. The van der Waals surface area contributed by atoms with Crippen molar-refractivity contribution >= 4 is 0 Å². The minimum absolute atomic E-state index is 0.509. The van der Waals surface area contributed by atoms with Crippen LogP contribution >= 0.6 is 0 Å². The topological polar surface area (TPSA) is 0 Å². The average Bonchev–Trinajstić information content (AvgIpc) is 2.99. The summed E-state index contributed by atoms with van der Waals surface area (Å²) in [6.45, 7) is 22.8. The standard InChI is InChI=1S/C8H18.C6H10.C6H14/c1-6-7(2)8(3,4)5;1-4-2-5-3-6(4)5;1-5(2)6(3)4/h7H,6H2,1-5H3;4-6H,2-3H2,1H3;5-6H,1-4H3. The lowest BCUT2D eigenvalue weighted by molar-refractivity contribution is 0.254. The van der Waals surface area contributed by atoms with Crippen molar-refractivity contribution in [1.82, 2.24) is 0 Å². The fraction of sp³-hybridized carbons (Fsp3) is 1.00. The largest absolute Gasteiger partial charge is 0.0651 e. The minimum Gasteiger partial charge on any atom is -0.0651 e. The quantitative estimate of drug-likeness (QED) is 0.509. The SMILES string of the molecule is CC(C)C(C)C.CC1CC2CC12.CCC(C)C(C)(C)C. The summed E-state index contributed by atoms with van der Waals surface area (Å²) in [5.74, 6) is 6.07. The Bertz CT molecular complexity index is 234. The molecule has 2 fully saturated rings. The van der Waals surface area contributed by atoms with Gasteiger partial charge in [0.1, 0.15) is 0 Å². The first kappa shape index (κ1) is 20.0. The molecule has 0 spiro atoms. The van der Waals surface area contributed by atoms with Gasteiger partial charge >= 0.3 is 0 Å². The predicted octanol–water partition coefficient (Wildman–Crippen LogP) is 7.04. The van der Waals surface area contributed by atoms with Gasteiger partial charge < -0.3 is 0 Å². The van der Waals surface area contributed by atoms with Gasteiger partial charge in [0, 0.05) is 0 Å². The van der Waals surface area contributed by atoms with Gasteiger partial charge in [-0.2, -0.15) is 0 Å². The monoisotopic (exact) mass is 282 g/mol. The molecule has 0 aliphatic heterocycles. The molecule has 2 rings (SSSR count). The molecule has 0 saturated heterocycles. The zero-order valence-electron chi connectivity index (χ0n) is 16.1. The summed E-state index contributed by atoms with van der Waals surface area (Å²) in [4.78, 5) is 0. The molecule has 0 aromatic carbocycles. The smallest absolute Gasteiger partial charge is 0.0357 e. The van der Waals surface area contributed by atoms with Crippen molar-refractivity contribution in [3.8, 4) is 0 Å². The highest BCUT2D eigenvalue weighted by atomic mass is 14.6. The fourth-order valence-electron chi connectivity index (χ4n) is 2.31. The molecule has 4 unspecified atom stereocenters. The maximum atomic E-state index is 2.37. The van der Waals surface area contributed by atoms with Gasteiger partial charge in [-0.25, -0.2) is 0 Å². The van der Waals surface area contributed by atoms with Crippen LogP contribution in [-0.4, -0.2) is 0 Å². The first-order valence-electron chi connectivity index (χ1n) is 9.00. The Morgan fingerprint density at radius 1 is 0.900 bits per heavy atom. The van der Waals surface area contributed by atoms with E-state index in [-0.39, 0.29) is 0 Å². The second-order valence-electron chi connectivity index (χ2n) is 9.04. The third-order valence-electron chi connectivity index (χ3n) is 5.81. The van der Waals surface area contributed by atoms with Crippen molar-refractivity contribution in [1.29, 1.82) is 0 Å². The second kappa shape index (κ2) is 8.44. The summed E-state index contributed by atoms with van der Waals surface area (Å²) in [5, 5.41) is 0. The van der Waals surface area contributed by atoms with Gasteiger partial charge in [0.2, 0.25) is 0 Å². The lowest BCUT2D eigenvalue weighted by Crippen LogP contribution is -2.15. The predicted molar refractivity (Wildman–Crippen MR) is 94.0 cm³/mol. The average molecular weight is 283 g/mol. The highest BCUT2D eigenvalue weighted by Gasteiger charge is 2.50. The summed E-state index contributed by atoms with van der Waals surface area (Å²) in [6.07, 6.45) is 4.41. The highest BCUT2D eigenvalue weighted by Crippen LogP contribution is 2.59. The Morgan fingerprint density at radius 3 is 1.35 bits per heavy atom. The van der Waals surface area contributed by atoms with Crippen LogP contribution in [0.3, 0.4) is 0 Å². The molecule has 0 amide bonds. The van der Waals surface area contributed by atoms with E-state index in [0.29, 0.717) is 5.41 Å². The van der Waals surface area contributed by atoms with Crippen molar-refractivity contribution in [2.75, 3.05) is 0 Å². The fourth-order valence-corrected chi connectivity index (χ4v) is 2.31. The van der Waals surface area contributed by atoms with Crippen LogP contribution in [0.2, 0.25) is 0 Å². The lowest BCUT2D eigenvalue weighted by Gasteiger charge is -2.25. The molecule has 0 aromatic heterocycles. The molecule has 2 saturated carbocycles. The van der Waals surface area contributed by atoms with E-state index in [2.05, 4.69) is 69.2 Å². The van der Waals surface area contributed by atoms with Crippen LogP contribution in [0.15, 0.2) is 0 Å². The maximum Gasteiger partial charge on any atom is -0.0357 e. The van der Waals surface area contributed by atoms with Gasteiger partial charge in [0.25, 0.3) is 0 Å². The Labute approximate surface area is 130 Å². The molecule has 4 atom stereocenters. The molecule has 2 aliphatic carbocycles. The first-order valence-corrected chi connectivity index (χ1v) is 9.00. The zero-order valence-corrected chi connectivity index (χ0v) is 16.1. The van der Waals surface area contributed by atoms with Crippen molar-refractivity contribution in [3.63, 3.8) is 0 Å². The highest BCUT2D eigenvalue weighted by molar-refractivity contribution is 5.00. The normalized spacial score (nSPS) is 28.5. The van der Waals surface area contributed by atoms with Crippen LogP contribution in [0, 0.1) is 40.9 Å². The summed E-state index contributed by atoms with van der Waals surface area (Å²) >= 11 is 0. The number of hydrogen-bond donors (Lipinski definition) is 0. The van der Waals surface area contributed by atoms with E-state index in [1.54, 1.807) is 12.8 Å². The first-order chi connectivity index (χ1) is 9.00. The molecule has 2 aliphatic rings. The van der Waals surface area contributed by atoms with Crippen LogP contribution in [0.1, 0.15) is 88.5 Å². The lowest BCUT2D eigenvalue weighted by atomic mass is 9.81. The van der Waals surface area contributed by atoms with Crippen LogP contribution in [0.4, 0.5) is 0 Å². The molecule has 0 aromatic rings. The molecule has 0 heterocycles. The Hall–Kier alpha value is 0. The van der Waals surface area contributed by atoms with Crippen molar-refractivity contribution in [3.05, 3.63) is 0 Å². The maximum absolute atomic E-state index is 2.37. The molecule has 0 bridgehead atoms. The second-order valence-corrected chi connectivity index (χ2v) is 9.04. The van der Waals surface area contributed by atoms with E-state index < -0.39 is 0 Å². The van der Waals surface area contributed by atoms with Gasteiger partial charge in [-0.05, 0) is 53.8 Å². The summed E-state index contributed by atoms with van der Waals surface area (Å²) in [7, 11) is 0. The molecule has 20 heavy (non-hydrogen) atoms. The van der Waals surface area contributed by atoms with Crippen LogP contribution in [0.25, 0.3) is 0 Å². The van der Waals surface area contributed by atoms with E-state index in [9.17, 15) is 0 Å². The van der Waals surface area contributed by atoms with Gasteiger partial charge in [-0.3, -0.25) is 0 Å². The Balaban J connectivity index is 0.000000274. The number of rotatable bonds is 2. The Kier molecular flexibility index (Phi) is 8.44. The number of hydrogen-bond acceptors (Lipinski definition) is 0. The van der Waals surface area contributed by atoms with E-state index in [1.807, 2.05) is 0 Å². The van der Waals surface area contributed by atoms with Crippen molar-refractivity contribution in [2.45, 2.75) is 88.5 Å². The third kappa shape index (κ3) is 7.70. The molecular formula is C20H42. The van der Waals surface area contributed by atoms with Crippen LogP contribution in [-0.2, 0) is 0 Å². The summed E-state index contributed by atoms with van der Waals surface area (Å²) in [5.41, 5.74) is 0.509. The van der Waals surface area contributed by atoms with Crippen molar-refractivity contribution < 1.29 is 0 Å². The molecular weight excluding hydrogens is 240 g/mol. The van der Waals surface area contributed by atoms with Gasteiger partial charge in [-0.1, -0.05) is 75.7 Å². The Morgan fingerprint density at radius 2 is 1.35 bits per heavy atom. The molecule has 0 N–H and O–H groups in total. The van der Waals surface area contributed by atoms with E-state index in [4.69, 9.17) is 0 Å². The summed E-state index contributed by atoms with van der Waals surface area (Å²) in [6, 6.07) is 0. The number of fused-ring (bicyclic) bond motifs is 1. The van der Waals surface area contributed by atoms with E-state index >= 15 is 0 Å². The molecule has 122 valence electrons. The van der Waals surface area contributed by atoms with E-state index in [1.165, 1.54) is 18.3 Å². The van der Waals surface area contributed by atoms with E-state index in [0.717, 1.165) is 23.7 Å². The third-order valence-corrected chi connectivity index (χ3v) is 5.81. The summed E-state index contributed by atoms with van der Waals surface area (Å²) < 4.78 is 0. The minimum atomic E-state index is 0.509.